The van der Waals surface area contributed by atoms with E-state index in [4.69, 9.17) is 0 Å². The van der Waals surface area contributed by atoms with E-state index in [1.54, 1.807) is 17.7 Å². The highest BCUT2D eigenvalue weighted by atomic mass is 32.1. The van der Waals surface area contributed by atoms with Crippen LogP contribution in [0.4, 0.5) is 10.2 Å². The van der Waals surface area contributed by atoms with Crippen molar-refractivity contribution in [3.05, 3.63) is 102 Å². The van der Waals surface area contributed by atoms with Gasteiger partial charge in [0.1, 0.15) is 22.8 Å². The van der Waals surface area contributed by atoms with Gasteiger partial charge in [-0.3, -0.25) is 0 Å². The Morgan fingerprint density at radius 1 is 0.774 bits per heavy atom. The molecule has 5 rings (SSSR count). The molecule has 0 spiro atoms. The molecule has 152 valence electrons. The fraction of sp³-hybridized carbons (Fsp3) is 0.0769. The third kappa shape index (κ3) is 4.18. The van der Waals surface area contributed by atoms with Gasteiger partial charge in [-0.15, -0.1) is 11.3 Å². The molecule has 2 heterocycles. The van der Waals surface area contributed by atoms with Gasteiger partial charge in [-0.1, -0.05) is 66.7 Å². The van der Waals surface area contributed by atoms with Crippen LogP contribution in [-0.4, -0.2) is 16.5 Å². The van der Waals surface area contributed by atoms with Crippen LogP contribution in [0.15, 0.2) is 90.6 Å². The SMILES string of the molecule is Fc1ccc(CCNc2ncnc3scc(-c4ccc(-c5ccccc5)cc4)c23)cc1. The molecule has 0 aliphatic rings. The monoisotopic (exact) mass is 425 g/mol. The zero-order chi connectivity index (χ0) is 21.0. The predicted octanol–water partition coefficient (Wildman–Crippen LogP) is 6.82. The van der Waals surface area contributed by atoms with Gasteiger partial charge in [0.05, 0.1) is 5.39 Å². The number of hydrogen-bond donors (Lipinski definition) is 1. The minimum absolute atomic E-state index is 0.213. The molecule has 2 aromatic heterocycles. The molecular formula is C26H20FN3S. The summed E-state index contributed by atoms with van der Waals surface area (Å²) < 4.78 is 13.1. The first-order valence-corrected chi connectivity index (χ1v) is 11.0. The molecule has 3 nitrogen and oxygen atoms in total. The molecule has 5 heteroatoms. The van der Waals surface area contributed by atoms with E-state index in [2.05, 4.69) is 69.2 Å². The summed E-state index contributed by atoms with van der Waals surface area (Å²) in [5, 5.41) is 6.63. The van der Waals surface area contributed by atoms with Gasteiger partial charge >= 0.3 is 0 Å². The number of nitrogens with one attached hydrogen (secondary N) is 1. The molecule has 0 saturated carbocycles. The van der Waals surface area contributed by atoms with Crippen LogP contribution in [0.3, 0.4) is 0 Å². The van der Waals surface area contributed by atoms with Gasteiger partial charge in [-0.05, 0) is 40.8 Å². The van der Waals surface area contributed by atoms with E-state index in [-0.39, 0.29) is 5.82 Å². The van der Waals surface area contributed by atoms with Crippen molar-refractivity contribution in [1.29, 1.82) is 0 Å². The maximum atomic E-state index is 13.1. The number of aromatic nitrogens is 2. The Labute approximate surface area is 184 Å². The Hall–Kier alpha value is -3.57. The first kappa shape index (κ1) is 19.4. The number of nitrogens with zero attached hydrogens (tertiary/aromatic N) is 2. The fourth-order valence-corrected chi connectivity index (χ4v) is 4.59. The summed E-state index contributed by atoms with van der Waals surface area (Å²) in [5.41, 5.74) is 5.75. The van der Waals surface area contributed by atoms with Gasteiger partial charge in [0.15, 0.2) is 0 Å². The number of hydrogen-bond acceptors (Lipinski definition) is 4. The first-order valence-electron chi connectivity index (χ1n) is 10.1. The highest BCUT2D eigenvalue weighted by Gasteiger charge is 2.13. The second-order valence-electron chi connectivity index (χ2n) is 7.30. The maximum absolute atomic E-state index is 13.1. The van der Waals surface area contributed by atoms with Crippen LogP contribution in [0.1, 0.15) is 5.56 Å². The second-order valence-corrected chi connectivity index (χ2v) is 8.16. The summed E-state index contributed by atoms with van der Waals surface area (Å²) in [4.78, 5) is 9.91. The Kier molecular flexibility index (Phi) is 5.42. The van der Waals surface area contributed by atoms with Crippen molar-refractivity contribution in [2.24, 2.45) is 0 Å². The molecule has 0 saturated heterocycles. The topological polar surface area (TPSA) is 37.8 Å². The number of fused-ring (bicyclic) bond motifs is 1. The Morgan fingerprint density at radius 3 is 2.26 bits per heavy atom. The summed E-state index contributed by atoms with van der Waals surface area (Å²) in [5.74, 6) is 0.617. The zero-order valence-electron chi connectivity index (χ0n) is 16.8. The maximum Gasteiger partial charge on any atom is 0.138 e. The number of rotatable bonds is 6. The quantitative estimate of drug-likeness (QED) is 0.324. The smallest absolute Gasteiger partial charge is 0.138 e. The molecule has 31 heavy (non-hydrogen) atoms. The Balaban J connectivity index is 1.40. The molecule has 3 aromatic carbocycles. The van der Waals surface area contributed by atoms with Crippen LogP contribution in [0.5, 0.6) is 0 Å². The molecular weight excluding hydrogens is 405 g/mol. The lowest BCUT2D eigenvalue weighted by Crippen LogP contribution is -2.07. The van der Waals surface area contributed by atoms with Crippen molar-refractivity contribution in [1.82, 2.24) is 9.97 Å². The molecule has 5 aromatic rings. The van der Waals surface area contributed by atoms with Crippen molar-refractivity contribution in [3.8, 4) is 22.3 Å². The first-order chi connectivity index (χ1) is 15.3. The van der Waals surface area contributed by atoms with E-state index < -0.39 is 0 Å². The second kappa shape index (κ2) is 8.66. The van der Waals surface area contributed by atoms with Gasteiger partial charge < -0.3 is 5.32 Å². The number of benzene rings is 3. The number of halogens is 1. The molecule has 0 aliphatic carbocycles. The lowest BCUT2D eigenvalue weighted by molar-refractivity contribution is 0.627. The predicted molar refractivity (Wildman–Crippen MR) is 127 cm³/mol. The lowest BCUT2D eigenvalue weighted by atomic mass is 10.0. The van der Waals surface area contributed by atoms with Crippen molar-refractivity contribution >= 4 is 27.4 Å². The van der Waals surface area contributed by atoms with Crippen molar-refractivity contribution in [2.75, 3.05) is 11.9 Å². The molecule has 0 atom stereocenters. The van der Waals surface area contributed by atoms with Crippen molar-refractivity contribution in [2.45, 2.75) is 6.42 Å². The van der Waals surface area contributed by atoms with E-state index in [1.807, 2.05) is 18.2 Å². The van der Waals surface area contributed by atoms with Crippen LogP contribution in [0.2, 0.25) is 0 Å². The molecule has 0 bridgehead atoms. The van der Waals surface area contributed by atoms with Crippen LogP contribution in [-0.2, 0) is 6.42 Å². The van der Waals surface area contributed by atoms with E-state index in [1.165, 1.54) is 23.3 Å². The standard InChI is InChI=1S/C26H20FN3S/c27-22-12-6-18(7-13-22)14-15-28-25-24-23(16-31-26(24)30-17-29-25)21-10-8-20(9-11-21)19-4-2-1-3-5-19/h1-13,16-17H,14-15H2,(H,28,29,30). The van der Waals surface area contributed by atoms with Crippen LogP contribution < -0.4 is 5.32 Å². The van der Waals surface area contributed by atoms with E-state index in [0.717, 1.165) is 39.1 Å². The third-order valence-corrected chi connectivity index (χ3v) is 6.18. The van der Waals surface area contributed by atoms with Gasteiger partial charge in [-0.25, -0.2) is 14.4 Å². The Morgan fingerprint density at radius 2 is 1.48 bits per heavy atom. The largest absolute Gasteiger partial charge is 0.369 e. The summed E-state index contributed by atoms with van der Waals surface area (Å²) in [6.07, 6.45) is 2.39. The van der Waals surface area contributed by atoms with Crippen LogP contribution in [0.25, 0.3) is 32.5 Å². The van der Waals surface area contributed by atoms with Gasteiger partial charge in [0.2, 0.25) is 0 Å². The normalized spacial score (nSPS) is 11.0. The van der Waals surface area contributed by atoms with Gasteiger partial charge in [0, 0.05) is 17.5 Å². The highest BCUT2D eigenvalue weighted by molar-refractivity contribution is 7.17. The third-order valence-electron chi connectivity index (χ3n) is 5.29. The van der Waals surface area contributed by atoms with Gasteiger partial charge in [-0.2, -0.15) is 0 Å². The number of anilines is 1. The zero-order valence-corrected chi connectivity index (χ0v) is 17.6. The molecule has 0 fully saturated rings. The number of thiophene rings is 1. The summed E-state index contributed by atoms with van der Waals surface area (Å²) in [7, 11) is 0. The minimum Gasteiger partial charge on any atom is -0.369 e. The minimum atomic E-state index is -0.213. The average Bonchev–Trinajstić information content (AvgIpc) is 3.26. The lowest BCUT2D eigenvalue weighted by Gasteiger charge is -2.09. The fourth-order valence-electron chi connectivity index (χ4n) is 3.67. The summed E-state index contributed by atoms with van der Waals surface area (Å²) in [6, 6.07) is 25.6. The van der Waals surface area contributed by atoms with E-state index in [9.17, 15) is 4.39 Å². The average molecular weight is 426 g/mol. The summed E-state index contributed by atoms with van der Waals surface area (Å²) >= 11 is 1.62. The van der Waals surface area contributed by atoms with Crippen molar-refractivity contribution in [3.63, 3.8) is 0 Å². The van der Waals surface area contributed by atoms with Crippen molar-refractivity contribution < 1.29 is 4.39 Å². The van der Waals surface area contributed by atoms with Gasteiger partial charge in [0.25, 0.3) is 0 Å². The highest BCUT2D eigenvalue weighted by Crippen LogP contribution is 2.37. The molecule has 0 amide bonds. The van der Waals surface area contributed by atoms with Crippen LogP contribution in [0, 0.1) is 5.82 Å². The van der Waals surface area contributed by atoms with E-state index >= 15 is 0 Å². The Bertz CT molecular complexity index is 1300. The van der Waals surface area contributed by atoms with Crippen LogP contribution >= 0.6 is 11.3 Å². The molecule has 1 N–H and O–H groups in total. The molecule has 0 radical (unpaired) electrons. The van der Waals surface area contributed by atoms with E-state index in [0.29, 0.717) is 6.54 Å². The molecule has 0 aliphatic heterocycles. The molecule has 0 unspecified atom stereocenters. The summed E-state index contributed by atoms with van der Waals surface area (Å²) in [6.45, 7) is 0.708.